The Morgan fingerprint density at radius 3 is 2.68 bits per heavy atom. The number of rotatable bonds is 3. The Hall–Kier alpha value is -1.46. The highest BCUT2D eigenvalue weighted by molar-refractivity contribution is 7.99. The number of aliphatic hydroxyl groups excluding tert-OH is 1. The van der Waals surface area contributed by atoms with E-state index in [1.807, 2.05) is 13.0 Å². The van der Waals surface area contributed by atoms with Crippen molar-refractivity contribution in [2.45, 2.75) is 36.9 Å². The van der Waals surface area contributed by atoms with Gasteiger partial charge in [0.15, 0.2) is 5.16 Å². The minimum Gasteiger partial charge on any atom is -0.389 e. The molecular formula is C14H15FN2OS. The van der Waals surface area contributed by atoms with Crippen molar-refractivity contribution in [2.24, 2.45) is 0 Å². The standard InChI is InChI=1S/C14H15FN2OS/c1-8-6-13(11(10(3)18)7-12(8)15)19-14-16-5-4-9(2)17-14/h4-7,10,18H,1-3H3. The van der Waals surface area contributed by atoms with Gasteiger partial charge in [0, 0.05) is 16.8 Å². The van der Waals surface area contributed by atoms with Gasteiger partial charge in [-0.05, 0) is 61.9 Å². The topological polar surface area (TPSA) is 46.0 Å². The van der Waals surface area contributed by atoms with Crippen LogP contribution in [0.4, 0.5) is 4.39 Å². The highest BCUT2D eigenvalue weighted by Crippen LogP contribution is 2.33. The fourth-order valence-corrected chi connectivity index (χ4v) is 2.74. The number of aliphatic hydroxyl groups is 1. The van der Waals surface area contributed by atoms with Gasteiger partial charge in [0.25, 0.3) is 0 Å². The van der Waals surface area contributed by atoms with Gasteiger partial charge >= 0.3 is 0 Å². The molecule has 0 aliphatic carbocycles. The van der Waals surface area contributed by atoms with Gasteiger partial charge in [-0.15, -0.1) is 0 Å². The molecule has 0 radical (unpaired) electrons. The zero-order valence-electron chi connectivity index (χ0n) is 11.0. The van der Waals surface area contributed by atoms with Crippen LogP contribution in [0.2, 0.25) is 0 Å². The molecule has 0 aliphatic rings. The van der Waals surface area contributed by atoms with E-state index in [1.165, 1.54) is 17.8 Å². The van der Waals surface area contributed by atoms with E-state index in [-0.39, 0.29) is 5.82 Å². The van der Waals surface area contributed by atoms with E-state index in [0.717, 1.165) is 10.6 Å². The second kappa shape index (κ2) is 5.67. The lowest BCUT2D eigenvalue weighted by Crippen LogP contribution is -1.98. The quantitative estimate of drug-likeness (QED) is 0.874. The molecule has 0 bridgehead atoms. The maximum atomic E-state index is 13.6. The van der Waals surface area contributed by atoms with Gasteiger partial charge in [0.2, 0.25) is 0 Å². The molecule has 0 amide bonds. The highest BCUT2D eigenvalue weighted by Gasteiger charge is 2.14. The molecule has 0 aliphatic heterocycles. The van der Waals surface area contributed by atoms with Gasteiger partial charge in [-0.3, -0.25) is 0 Å². The van der Waals surface area contributed by atoms with E-state index in [4.69, 9.17) is 0 Å². The zero-order valence-corrected chi connectivity index (χ0v) is 11.8. The van der Waals surface area contributed by atoms with Crippen LogP contribution in [0.1, 0.15) is 29.8 Å². The molecule has 2 rings (SSSR count). The van der Waals surface area contributed by atoms with E-state index in [2.05, 4.69) is 9.97 Å². The lowest BCUT2D eigenvalue weighted by atomic mass is 10.1. The summed E-state index contributed by atoms with van der Waals surface area (Å²) in [5.74, 6) is -0.314. The molecule has 2 aromatic rings. The van der Waals surface area contributed by atoms with Crippen LogP contribution >= 0.6 is 11.8 Å². The Kier molecular flexibility index (Phi) is 4.17. The molecule has 5 heteroatoms. The van der Waals surface area contributed by atoms with Gasteiger partial charge in [-0.25, -0.2) is 14.4 Å². The van der Waals surface area contributed by atoms with Gasteiger partial charge in [-0.2, -0.15) is 0 Å². The van der Waals surface area contributed by atoms with Crippen LogP contribution in [0, 0.1) is 19.7 Å². The van der Waals surface area contributed by atoms with E-state index in [0.29, 0.717) is 16.3 Å². The molecule has 3 nitrogen and oxygen atoms in total. The first-order valence-electron chi connectivity index (χ1n) is 5.93. The van der Waals surface area contributed by atoms with Crippen molar-refractivity contribution >= 4 is 11.8 Å². The van der Waals surface area contributed by atoms with E-state index >= 15 is 0 Å². The minimum absolute atomic E-state index is 0.314. The Morgan fingerprint density at radius 2 is 2.05 bits per heavy atom. The van der Waals surface area contributed by atoms with Crippen LogP contribution in [-0.4, -0.2) is 15.1 Å². The molecule has 0 spiro atoms. The smallest absolute Gasteiger partial charge is 0.192 e. The van der Waals surface area contributed by atoms with Crippen LogP contribution in [0.25, 0.3) is 0 Å². The SMILES string of the molecule is Cc1ccnc(Sc2cc(C)c(F)cc2C(C)O)n1. The fourth-order valence-electron chi connectivity index (χ4n) is 1.66. The average Bonchev–Trinajstić information content (AvgIpc) is 2.33. The third-order valence-corrected chi connectivity index (χ3v) is 3.67. The van der Waals surface area contributed by atoms with E-state index < -0.39 is 6.10 Å². The summed E-state index contributed by atoms with van der Waals surface area (Å²) >= 11 is 1.33. The number of aryl methyl sites for hydroxylation is 2. The largest absolute Gasteiger partial charge is 0.389 e. The number of aromatic nitrogens is 2. The summed E-state index contributed by atoms with van der Waals surface area (Å²) in [6.07, 6.45) is 0.950. The van der Waals surface area contributed by atoms with Crippen LogP contribution < -0.4 is 0 Å². The maximum absolute atomic E-state index is 13.6. The highest BCUT2D eigenvalue weighted by atomic mass is 32.2. The summed E-state index contributed by atoms with van der Waals surface area (Å²) in [4.78, 5) is 9.24. The summed E-state index contributed by atoms with van der Waals surface area (Å²) < 4.78 is 13.6. The molecule has 0 saturated heterocycles. The van der Waals surface area contributed by atoms with Crippen LogP contribution in [0.3, 0.4) is 0 Å². The van der Waals surface area contributed by atoms with Gasteiger partial charge < -0.3 is 5.11 Å². The van der Waals surface area contributed by atoms with Crippen LogP contribution in [0.15, 0.2) is 34.4 Å². The van der Waals surface area contributed by atoms with E-state index in [9.17, 15) is 9.50 Å². The number of benzene rings is 1. The molecule has 1 N–H and O–H groups in total. The van der Waals surface area contributed by atoms with Crippen LogP contribution in [-0.2, 0) is 0 Å². The van der Waals surface area contributed by atoms with E-state index in [1.54, 1.807) is 26.1 Å². The Morgan fingerprint density at radius 1 is 1.32 bits per heavy atom. The summed E-state index contributed by atoms with van der Waals surface area (Å²) in [7, 11) is 0. The third-order valence-electron chi connectivity index (χ3n) is 2.72. The normalized spacial score (nSPS) is 12.5. The van der Waals surface area contributed by atoms with Crippen molar-refractivity contribution in [1.29, 1.82) is 0 Å². The average molecular weight is 278 g/mol. The van der Waals surface area contributed by atoms with Crippen molar-refractivity contribution in [3.63, 3.8) is 0 Å². The molecule has 0 saturated carbocycles. The van der Waals surface area contributed by atoms with Crippen molar-refractivity contribution in [3.05, 3.63) is 47.0 Å². The second-order valence-electron chi connectivity index (χ2n) is 4.40. The number of nitrogens with zero attached hydrogens (tertiary/aromatic N) is 2. The predicted molar refractivity (Wildman–Crippen MR) is 72.7 cm³/mol. The first kappa shape index (κ1) is 14.0. The zero-order chi connectivity index (χ0) is 14.0. The molecule has 1 atom stereocenters. The fraction of sp³-hybridized carbons (Fsp3) is 0.286. The maximum Gasteiger partial charge on any atom is 0.192 e. The molecular weight excluding hydrogens is 263 g/mol. The van der Waals surface area contributed by atoms with Gasteiger partial charge in [0.1, 0.15) is 5.82 Å². The predicted octanol–water partition coefficient (Wildman–Crippen LogP) is 3.44. The summed E-state index contributed by atoms with van der Waals surface area (Å²) in [6.45, 7) is 5.20. The summed E-state index contributed by atoms with van der Waals surface area (Å²) in [5.41, 5.74) is 1.97. The molecule has 1 unspecified atom stereocenters. The van der Waals surface area contributed by atoms with Crippen molar-refractivity contribution in [1.82, 2.24) is 9.97 Å². The Balaban J connectivity index is 2.41. The lowest BCUT2D eigenvalue weighted by molar-refractivity contribution is 0.196. The monoisotopic (exact) mass is 278 g/mol. The molecule has 1 heterocycles. The number of hydrogen-bond donors (Lipinski definition) is 1. The molecule has 0 fully saturated rings. The molecule has 1 aromatic carbocycles. The summed E-state index contributed by atoms with van der Waals surface area (Å²) in [6, 6.07) is 4.90. The lowest BCUT2D eigenvalue weighted by Gasteiger charge is -2.12. The number of halogens is 1. The minimum atomic E-state index is -0.734. The Labute approximate surface area is 115 Å². The molecule has 1 aromatic heterocycles. The van der Waals surface area contributed by atoms with Crippen LogP contribution in [0.5, 0.6) is 0 Å². The molecule has 19 heavy (non-hydrogen) atoms. The first-order chi connectivity index (χ1) is 8.97. The van der Waals surface area contributed by atoms with Gasteiger partial charge in [0.05, 0.1) is 6.10 Å². The molecule has 100 valence electrons. The Bertz CT molecular complexity index is 602. The van der Waals surface area contributed by atoms with Crippen molar-refractivity contribution < 1.29 is 9.50 Å². The third kappa shape index (κ3) is 3.30. The van der Waals surface area contributed by atoms with Gasteiger partial charge in [-0.1, -0.05) is 0 Å². The van der Waals surface area contributed by atoms with Crippen molar-refractivity contribution in [2.75, 3.05) is 0 Å². The summed E-state index contributed by atoms with van der Waals surface area (Å²) in [5, 5.41) is 10.3. The first-order valence-corrected chi connectivity index (χ1v) is 6.74. The van der Waals surface area contributed by atoms with Crippen molar-refractivity contribution in [3.8, 4) is 0 Å². The second-order valence-corrected chi connectivity index (χ2v) is 5.41. The number of hydrogen-bond acceptors (Lipinski definition) is 4.